The Morgan fingerprint density at radius 2 is 1.79 bits per heavy atom. The van der Waals surface area contributed by atoms with E-state index >= 15 is 0 Å². The van der Waals surface area contributed by atoms with E-state index in [2.05, 4.69) is 26.0 Å². The Bertz CT molecular complexity index is 507. The number of rotatable bonds is 7. The van der Waals surface area contributed by atoms with E-state index in [0.717, 1.165) is 50.9 Å². The molecular formula is C20H32N2O2. The van der Waals surface area contributed by atoms with Gasteiger partial charge in [0.05, 0.1) is 12.5 Å². The minimum atomic E-state index is -0.358. The Balaban J connectivity index is 1.89. The Morgan fingerprint density at radius 3 is 2.25 bits per heavy atom. The fraction of sp³-hybridized carbons (Fsp3) is 0.650. The number of piperidine rings is 1. The number of carbonyl (C=O) groups is 1. The number of likely N-dealkylation sites (tertiary alicyclic amines) is 1. The topological polar surface area (TPSA) is 55.6 Å². The Kier molecular flexibility index (Phi) is 6.67. The molecule has 4 heteroatoms. The van der Waals surface area contributed by atoms with Gasteiger partial charge in [-0.15, -0.1) is 0 Å². The van der Waals surface area contributed by atoms with E-state index in [4.69, 9.17) is 10.5 Å². The van der Waals surface area contributed by atoms with Crippen molar-refractivity contribution in [2.24, 2.45) is 17.1 Å². The van der Waals surface area contributed by atoms with Crippen LogP contribution in [-0.2, 0) is 11.2 Å². The van der Waals surface area contributed by atoms with E-state index in [1.54, 1.807) is 7.11 Å². The van der Waals surface area contributed by atoms with Crippen LogP contribution in [0.1, 0.15) is 45.1 Å². The van der Waals surface area contributed by atoms with Crippen LogP contribution in [0.5, 0.6) is 5.75 Å². The van der Waals surface area contributed by atoms with Crippen molar-refractivity contribution in [2.45, 2.75) is 46.0 Å². The van der Waals surface area contributed by atoms with Crippen molar-refractivity contribution >= 4 is 5.91 Å². The lowest BCUT2D eigenvalue weighted by molar-refractivity contribution is -0.143. The molecule has 1 fully saturated rings. The fourth-order valence-corrected chi connectivity index (χ4v) is 3.70. The first-order valence-electron chi connectivity index (χ1n) is 9.21. The Hall–Kier alpha value is -1.55. The quantitative estimate of drug-likeness (QED) is 0.834. The van der Waals surface area contributed by atoms with Crippen molar-refractivity contribution < 1.29 is 9.53 Å². The van der Waals surface area contributed by atoms with Gasteiger partial charge in [-0.2, -0.15) is 0 Å². The summed E-state index contributed by atoms with van der Waals surface area (Å²) < 4.78 is 5.21. The van der Waals surface area contributed by atoms with Gasteiger partial charge in [0.2, 0.25) is 5.91 Å². The molecule has 134 valence electrons. The molecule has 0 unspecified atom stereocenters. The summed E-state index contributed by atoms with van der Waals surface area (Å²) >= 11 is 0. The van der Waals surface area contributed by atoms with E-state index < -0.39 is 0 Å². The van der Waals surface area contributed by atoms with Gasteiger partial charge >= 0.3 is 0 Å². The van der Waals surface area contributed by atoms with Crippen LogP contribution in [0.25, 0.3) is 0 Å². The number of hydrogen-bond acceptors (Lipinski definition) is 3. The number of nitrogens with two attached hydrogens (primary N) is 1. The van der Waals surface area contributed by atoms with Crippen LogP contribution in [0.4, 0.5) is 0 Å². The molecule has 2 N–H and O–H groups in total. The molecule has 2 rings (SSSR count). The molecule has 1 saturated heterocycles. The molecule has 0 saturated carbocycles. The number of nitrogens with zero attached hydrogens (tertiary/aromatic N) is 1. The maximum atomic E-state index is 12.9. The minimum absolute atomic E-state index is 0.262. The molecule has 0 spiro atoms. The first-order valence-corrected chi connectivity index (χ1v) is 9.21. The second-order valence-electron chi connectivity index (χ2n) is 6.98. The van der Waals surface area contributed by atoms with Crippen molar-refractivity contribution in [3.8, 4) is 5.75 Å². The first kappa shape index (κ1) is 18.8. The number of benzene rings is 1. The molecule has 0 aliphatic carbocycles. The summed E-state index contributed by atoms with van der Waals surface area (Å²) in [6.07, 6.45) is 4.88. The number of ether oxygens (including phenoxy) is 1. The molecule has 1 aromatic rings. The molecule has 0 aromatic heterocycles. The van der Waals surface area contributed by atoms with Gasteiger partial charge in [0.25, 0.3) is 0 Å². The van der Waals surface area contributed by atoms with Crippen LogP contribution in [0.15, 0.2) is 24.3 Å². The summed E-state index contributed by atoms with van der Waals surface area (Å²) in [5.74, 6) is 1.81. The van der Waals surface area contributed by atoms with E-state index in [1.807, 2.05) is 17.0 Å². The van der Waals surface area contributed by atoms with Crippen molar-refractivity contribution in [1.29, 1.82) is 0 Å². The Labute approximate surface area is 146 Å². The summed E-state index contributed by atoms with van der Waals surface area (Å²) in [6.45, 7) is 6.32. The zero-order valence-corrected chi connectivity index (χ0v) is 15.4. The molecule has 1 amide bonds. The van der Waals surface area contributed by atoms with Gasteiger partial charge < -0.3 is 15.4 Å². The lowest BCUT2D eigenvalue weighted by Crippen LogP contribution is -2.50. The third-order valence-electron chi connectivity index (χ3n) is 5.78. The molecule has 1 aliphatic rings. The standard InChI is InChI=1S/C20H32N2O2/c1-4-20(5-2,15-21)19(23)22-12-10-17(11-13-22)14-16-6-8-18(24-3)9-7-16/h6-9,17H,4-5,10-15,21H2,1-3H3. The van der Waals surface area contributed by atoms with Crippen LogP contribution in [0.2, 0.25) is 0 Å². The molecule has 0 radical (unpaired) electrons. The summed E-state index contributed by atoms with van der Waals surface area (Å²) in [5.41, 5.74) is 6.92. The smallest absolute Gasteiger partial charge is 0.230 e. The average molecular weight is 332 g/mol. The van der Waals surface area contributed by atoms with Crippen molar-refractivity contribution in [2.75, 3.05) is 26.7 Å². The van der Waals surface area contributed by atoms with Crippen LogP contribution in [-0.4, -0.2) is 37.6 Å². The van der Waals surface area contributed by atoms with Crippen molar-refractivity contribution in [3.05, 3.63) is 29.8 Å². The average Bonchev–Trinajstić information content (AvgIpc) is 2.65. The second-order valence-corrected chi connectivity index (χ2v) is 6.98. The Morgan fingerprint density at radius 1 is 1.21 bits per heavy atom. The lowest BCUT2D eigenvalue weighted by atomic mass is 9.80. The number of methoxy groups -OCH3 is 1. The van der Waals surface area contributed by atoms with Crippen molar-refractivity contribution in [1.82, 2.24) is 4.90 Å². The lowest BCUT2D eigenvalue weighted by Gasteiger charge is -2.39. The predicted molar refractivity (Wildman–Crippen MR) is 98.1 cm³/mol. The number of hydrogen-bond donors (Lipinski definition) is 1. The summed E-state index contributed by atoms with van der Waals surface area (Å²) in [6, 6.07) is 8.33. The van der Waals surface area contributed by atoms with E-state index in [0.29, 0.717) is 12.5 Å². The molecular weight excluding hydrogens is 300 g/mol. The molecule has 24 heavy (non-hydrogen) atoms. The highest BCUT2D eigenvalue weighted by Gasteiger charge is 2.37. The van der Waals surface area contributed by atoms with Gasteiger partial charge in [-0.1, -0.05) is 26.0 Å². The maximum Gasteiger partial charge on any atom is 0.230 e. The molecule has 0 bridgehead atoms. The highest BCUT2D eigenvalue weighted by Crippen LogP contribution is 2.31. The zero-order chi connectivity index (χ0) is 17.6. The molecule has 1 aromatic carbocycles. The normalized spacial score (nSPS) is 16.2. The third-order valence-corrected chi connectivity index (χ3v) is 5.78. The van der Waals surface area contributed by atoms with Gasteiger partial charge in [0.15, 0.2) is 0 Å². The number of carbonyl (C=O) groups excluding carboxylic acids is 1. The largest absolute Gasteiger partial charge is 0.497 e. The fourth-order valence-electron chi connectivity index (χ4n) is 3.70. The SMILES string of the molecule is CCC(CC)(CN)C(=O)N1CCC(Cc2ccc(OC)cc2)CC1. The van der Waals surface area contributed by atoms with Gasteiger partial charge in [-0.3, -0.25) is 4.79 Å². The van der Waals surface area contributed by atoms with E-state index in [-0.39, 0.29) is 11.3 Å². The van der Waals surface area contributed by atoms with E-state index in [1.165, 1.54) is 5.56 Å². The van der Waals surface area contributed by atoms with Gasteiger partial charge in [-0.25, -0.2) is 0 Å². The summed E-state index contributed by atoms with van der Waals surface area (Å²) in [7, 11) is 1.69. The highest BCUT2D eigenvalue weighted by atomic mass is 16.5. The molecule has 1 heterocycles. The molecule has 1 aliphatic heterocycles. The van der Waals surface area contributed by atoms with Gasteiger partial charge in [0, 0.05) is 19.6 Å². The maximum absolute atomic E-state index is 12.9. The van der Waals surface area contributed by atoms with Gasteiger partial charge in [0.1, 0.15) is 5.75 Å². The van der Waals surface area contributed by atoms with Crippen LogP contribution >= 0.6 is 0 Å². The minimum Gasteiger partial charge on any atom is -0.497 e. The molecule has 0 atom stereocenters. The first-order chi connectivity index (χ1) is 11.6. The van der Waals surface area contributed by atoms with Crippen LogP contribution in [0, 0.1) is 11.3 Å². The number of amides is 1. The third kappa shape index (κ3) is 4.10. The van der Waals surface area contributed by atoms with Crippen LogP contribution in [0.3, 0.4) is 0 Å². The van der Waals surface area contributed by atoms with Crippen LogP contribution < -0.4 is 10.5 Å². The molecule has 4 nitrogen and oxygen atoms in total. The predicted octanol–water partition coefficient (Wildman–Crippen LogP) is 3.24. The highest BCUT2D eigenvalue weighted by molar-refractivity contribution is 5.83. The second kappa shape index (κ2) is 8.52. The van der Waals surface area contributed by atoms with E-state index in [9.17, 15) is 4.79 Å². The van der Waals surface area contributed by atoms with Crippen molar-refractivity contribution in [3.63, 3.8) is 0 Å². The zero-order valence-electron chi connectivity index (χ0n) is 15.4. The summed E-state index contributed by atoms with van der Waals surface area (Å²) in [5, 5.41) is 0. The van der Waals surface area contributed by atoms with Gasteiger partial charge in [-0.05, 0) is 55.7 Å². The summed E-state index contributed by atoms with van der Waals surface area (Å²) in [4.78, 5) is 14.9. The monoisotopic (exact) mass is 332 g/mol.